The van der Waals surface area contributed by atoms with Crippen LogP contribution in [-0.2, 0) is 6.54 Å². The molecule has 106 valence electrons. The lowest BCUT2D eigenvalue weighted by Gasteiger charge is -2.36. The smallest absolute Gasteiger partial charge is 0.123 e. The first-order valence-electron chi connectivity index (χ1n) is 7.17. The molecule has 0 aromatic heterocycles. The molecule has 2 rings (SSSR count). The molecule has 1 fully saturated rings. The topological polar surface area (TPSA) is 15.3 Å². The van der Waals surface area contributed by atoms with E-state index in [9.17, 15) is 4.39 Å². The third-order valence-corrected chi connectivity index (χ3v) is 4.56. The molecule has 1 aliphatic carbocycles. The summed E-state index contributed by atoms with van der Waals surface area (Å²) >= 11 is 0. The molecular formula is C16H25FN2. The standard InChI is InChI=1S/C16H25FN2/c1-13-10-15(17)7-6-14(13)11-18-12-16(19(2)3)8-4-5-9-16/h6-7,10,18H,4-5,8-9,11-12H2,1-3H3. The Morgan fingerprint density at radius 2 is 1.95 bits per heavy atom. The summed E-state index contributed by atoms with van der Waals surface area (Å²) in [6.45, 7) is 3.80. The highest BCUT2D eigenvalue weighted by atomic mass is 19.1. The van der Waals surface area contributed by atoms with Gasteiger partial charge in [0, 0.05) is 18.6 Å². The van der Waals surface area contributed by atoms with E-state index in [1.807, 2.05) is 13.0 Å². The first kappa shape index (κ1) is 14.5. The van der Waals surface area contributed by atoms with Gasteiger partial charge in [-0.3, -0.25) is 0 Å². The van der Waals surface area contributed by atoms with Crippen LogP contribution in [0, 0.1) is 12.7 Å². The van der Waals surface area contributed by atoms with Crippen molar-refractivity contribution in [3.63, 3.8) is 0 Å². The highest BCUT2D eigenvalue weighted by Crippen LogP contribution is 2.33. The van der Waals surface area contributed by atoms with Crippen molar-refractivity contribution in [1.82, 2.24) is 10.2 Å². The zero-order valence-corrected chi connectivity index (χ0v) is 12.3. The number of hydrogen-bond donors (Lipinski definition) is 1. The van der Waals surface area contributed by atoms with E-state index in [1.54, 1.807) is 12.1 Å². The number of benzene rings is 1. The Morgan fingerprint density at radius 1 is 1.26 bits per heavy atom. The number of halogens is 1. The number of nitrogens with one attached hydrogen (secondary N) is 1. The summed E-state index contributed by atoms with van der Waals surface area (Å²) in [6, 6.07) is 5.03. The molecular weight excluding hydrogens is 239 g/mol. The van der Waals surface area contributed by atoms with Gasteiger partial charge in [-0.1, -0.05) is 18.9 Å². The fourth-order valence-electron chi connectivity index (χ4n) is 3.10. The van der Waals surface area contributed by atoms with Crippen LogP contribution in [0.1, 0.15) is 36.8 Å². The van der Waals surface area contributed by atoms with E-state index in [0.29, 0.717) is 5.54 Å². The molecule has 1 aliphatic rings. The van der Waals surface area contributed by atoms with E-state index < -0.39 is 0 Å². The van der Waals surface area contributed by atoms with Gasteiger partial charge in [0.25, 0.3) is 0 Å². The molecule has 0 radical (unpaired) electrons. The fraction of sp³-hybridized carbons (Fsp3) is 0.625. The lowest BCUT2D eigenvalue weighted by Crippen LogP contribution is -2.49. The van der Waals surface area contributed by atoms with Crippen molar-refractivity contribution < 1.29 is 4.39 Å². The molecule has 1 saturated carbocycles. The lowest BCUT2D eigenvalue weighted by atomic mass is 9.96. The van der Waals surface area contributed by atoms with Crippen LogP contribution in [-0.4, -0.2) is 31.1 Å². The van der Waals surface area contributed by atoms with Crippen molar-refractivity contribution in [1.29, 1.82) is 0 Å². The zero-order valence-electron chi connectivity index (χ0n) is 12.3. The Kier molecular flexibility index (Phi) is 4.58. The van der Waals surface area contributed by atoms with Crippen LogP contribution in [0.2, 0.25) is 0 Å². The monoisotopic (exact) mass is 264 g/mol. The van der Waals surface area contributed by atoms with E-state index >= 15 is 0 Å². The molecule has 3 heteroatoms. The van der Waals surface area contributed by atoms with Gasteiger partial charge in [-0.15, -0.1) is 0 Å². The molecule has 2 nitrogen and oxygen atoms in total. The minimum absolute atomic E-state index is 0.151. The number of nitrogens with zero attached hydrogens (tertiary/aromatic N) is 1. The van der Waals surface area contributed by atoms with Crippen LogP contribution in [0.3, 0.4) is 0 Å². The van der Waals surface area contributed by atoms with Gasteiger partial charge in [-0.2, -0.15) is 0 Å². The average Bonchev–Trinajstić information content (AvgIpc) is 2.82. The number of rotatable bonds is 5. The van der Waals surface area contributed by atoms with Crippen molar-refractivity contribution in [2.75, 3.05) is 20.6 Å². The predicted molar refractivity (Wildman–Crippen MR) is 77.7 cm³/mol. The van der Waals surface area contributed by atoms with Crippen molar-refractivity contribution in [3.8, 4) is 0 Å². The Morgan fingerprint density at radius 3 is 2.53 bits per heavy atom. The highest BCUT2D eigenvalue weighted by molar-refractivity contribution is 5.26. The lowest BCUT2D eigenvalue weighted by molar-refractivity contribution is 0.153. The second-order valence-corrected chi connectivity index (χ2v) is 6.00. The van der Waals surface area contributed by atoms with Gasteiger partial charge in [0.1, 0.15) is 5.82 Å². The Balaban J connectivity index is 1.92. The number of likely N-dealkylation sites (N-methyl/N-ethyl adjacent to an activating group) is 1. The van der Waals surface area contributed by atoms with Crippen molar-refractivity contribution in [2.24, 2.45) is 0 Å². The number of hydrogen-bond acceptors (Lipinski definition) is 2. The number of aryl methyl sites for hydroxylation is 1. The molecule has 0 heterocycles. The zero-order chi connectivity index (χ0) is 13.9. The third kappa shape index (κ3) is 3.34. The normalized spacial score (nSPS) is 18.2. The predicted octanol–water partition coefficient (Wildman–Crippen LogP) is 3.10. The van der Waals surface area contributed by atoms with Gasteiger partial charge in [0.05, 0.1) is 0 Å². The van der Waals surface area contributed by atoms with Gasteiger partial charge in [0.15, 0.2) is 0 Å². The quantitative estimate of drug-likeness (QED) is 0.879. The molecule has 0 amide bonds. The van der Waals surface area contributed by atoms with Gasteiger partial charge < -0.3 is 10.2 Å². The minimum Gasteiger partial charge on any atom is -0.311 e. The molecule has 0 spiro atoms. The molecule has 0 atom stereocenters. The van der Waals surface area contributed by atoms with Crippen molar-refractivity contribution in [3.05, 3.63) is 35.1 Å². The van der Waals surface area contributed by atoms with E-state index in [2.05, 4.69) is 24.3 Å². The summed E-state index contributed by atoms with van der Waals surface area (Å²) in [6.07, 6.45) is 5.20. The van der Waals surface area contributed by atoms with Crippen LogP contribution in [0.25, 0.3) is 0 Å². The van der Waals surface area contributed by atoms with Gasteiger partial charge in [0.2, 0.25) is 0 Å². The first-order valence-corrected chi connectivity index (χ1v) is 7.17. The second kappa shape index (κ2) is 6.02. The molecule has 0 saturated heterocycles. The summed E-state index contributed by atoms with van der Waals surface area (Å²) in [5.41, 5.74) is 2.53. The highest BCUT2D eigenvalue weighted by Gasteiger charge is 2.35. The largest absolute Gasteiger partial charge is 0.311 e. The Hall–Kier alpha value is -0.930. The maximum Gasteiger partial charge on any atom is 0.123 e. The summed E-state index contributed by atoms with van der Waals surface area (Å²) in [4.78, 5) is 2.37. The molecule has 19 heavy (non-hydrogen) atoms. The molecule has 1 aromatic rings. The summed E-state index contributed by atoms with van der Waals surface area (Å²) in [7, 11) is 4.35. The summed E-state index contributed by atoms with van der Waals surface area (Å²) in [5, 5.41) is 3.56. The maximum absolute atomic E-state index is 13.1. The van der Waals surface area contributed by atoms with Gasteiger partial charge in [-0.25, -0.2) is 4.39 Å². The fourth-order valence-corrected chi connectivity index (χ4v) is 3.10. The van der Waals surface area contributed by atoms with E-state index in [-0.39, 0.29) is 5.82 Å². The minimum atomic E-state index is -0.151. The summed E-state index contributed by atoms with van der Waals surface area (Å²) < 4.78 is 13.1. The third-order valence-electron chi connectivity index (χ3n) is 4.56. The van der Waals surface area contributed by atoms with E-state index in [0.717, 1.165) is 18.7 Å². The molecule has 0 bridgehead atoms. The molecule has 0 aliphatic heterocycles. The molecule has 0 unspecified atom stereocenters. The summed E-state index contributed by atoms with van der Waals surface area (Å²) in [5.74, 6) is -0.151. The second-order valence-electron chi connectivity index (χ2n) is 6.00. The molecule has 1 N–H and O–H groups in total. The van der Waals surface area contributed by atoms with Crippen LogP contribution in [0.15, 0.2) is 18.2 Å². The Bertz CT molecular complexity index is 423. The van der Waals surface area contributed by atoms with Crippen LogP contribution in [0.4, 0.5) is 4.39 Å². The maximum atomic E-state index is 13.1. The molecule has 1 aromatic carbocycles. The first-order chi connectivity index (χ1) is 9.03. The van der Waals surface area contributed by atoms with Crippen LogP contribution >= 0.6 is 0 Å². The van der Waals surface area contributed by atoms with E-state index in [4.69, 9.17) is 0 Å². The SMILES string of the molecule is Cc1cc(F)ccc1CNCC1(N(C)C)CCCC1. The Labute approximate surface area is 116 Å². The van der Waals surface area contributed by atoms with Gasteiger partial charge >= 0.3 is 0 Å². The van der Waals surface area contributed by atoms with Crippen molar-refractivity contribution in [2.45, 2.75) is 44.7 Å². The average molecular weight is 264 g/mol. The van der Waals surface area contributed by atoms with Gasteiger partial charge in [-0.05, 0) is 57.1 Å². The van der Waals surface area contributed by atoms with E-state index in [1.165, 1.54) is 31.2 Å². The van der Waals surface area contributed by atoms with Crippen molar-refractivity contribution >= 4 is 0 Å². The van der Waals surface area contributed by atoms with Crippen LogP contribution in [0.5, 0.6) is 0 Å². The van der Waals surface area contributed by atoms with Crippen LogP contribution < -0.4 is 5.32 Å².